The second kappa shape index (κ2) is 4.80. The maximum atomic E-state index is 11.8. The minimum absolute atomic E-state index is 0.314. The minimum Gasteiger partial charge on any atom is -0.490 e. The summed E-state index contributed by atoms with van der Waals surface area (Å²) in [5, 5.41) is 0. The molecule has 1 aromatic rings. The van der Waals surface area contributed by atoms with Gasteiger partial charge in [-0.25, -0.2) is 8.42 Å². The van der Waals surface area contributed by atoms with Crippen LogP contribution in [0.4, 0.5) is 0 Å². The molecule has 2 rings (SSSR count). The monoisotopic (exact) mass is 283 g/mol. The first-order valence-electron chi connectivity index (χ1n) is 6.43. The molecule has 0 aliphatic heterocycles. The minimum atomic E-state index is -3.24. The standard InChI is InChI=1S/C14H21NO3S/c1-14(2,19(3,16)17)13(15)10-5-4-6-12(9-10)18-11-7-8-11/h4-6,9,11,13H,7-8,15H2,1-3H3. The number of sulfone groups is 1. The van der Waals surface area contributed by atoms with Crippen molar-refractivity contribution in [3.8, 4) is 5.75 Å². The maximum absolute atomic E-state index is 11.8. The zero-order valence-electron chi connectivity index (χ0n) is 11.6. The summed E-state index contributed by atoms with van der Waals surface area (Å²) in [6.07, 6.45) is 3.71. The molecule has 2 N–H and O–H groups in total. The lowest BCUT2D eigenvalue weighted by atomic mass is 9.96. The molecule has 1 aromatic carbocycles. The average molecular weight is 283 g/mol. The molecule has 4 nitrogen and oxygen atoms in total. The molecule has 1 fully saturated rings. The second-order valence-electron chi connectivity index (χ2n) is 5.74. The van der Waals surface area contributed by atoms with E-state index in [2.05, 4.69) is 0 Å². The van der Waals surface area contributed by atoms with Crippen molar-refractivity contribution in [2.45, 2.75) is 43.6 Å². The van der Waals surface area contributed by atoms with Crippen molar-refractivity contribution in [2.75, 3.05) is 6.26 Å². The summed E-state index contributed by atoms with van der Waals surface area (Å²) in [5.41, 5.74) is 6.93. The molecule has 106 valence electrons. The molecule has 0 aromatic heterocycles. The maximum Gasteiger partial charge on any atom is 0.154 e. The Labute approximate surface area is 114 Å². The van der Waals surface area contributed by atoms with Crippen molar-refractivity contribution in [1.82, 2.24) is 0 Å². The molecule has 0 saturated heterocycles. The van der Waals surface area contributed by atoms with Gasteiger partial charge in [-0.15, -0.1) is 0 Å². The fourth-order valence-electron chi connectivity index (χ4n) is 1.79. The van der Waals surface area contributed by atoms with Crippen LogP contribution in [0.1, 0.15) is 38.3 Å². The van der Waals surface area contributed by atoms with E-state index in [4.69, 9.17) is 10.5 Å². The molecule has 0 bridgehead atoms. The predicted molar refractivity (Wildman–Crippen MR) is 75.9 cm³/mol. The van der Waals surface area contributed by atoms with Gasteiger partial charge in [0.25, 0.3) is 0 Å². The van der Waals surface area contributed by atoms with Crippen molar-refractivity contribution in [3.05, 3.63) is 29.8 Å². The number of nitrogens with two attached hydrogens (primary N) is 1. The van der Waals surface area contributed by atoms with Crippen molar-refractivity contribution >= 4 is 9.84 Å². The highest BCUT2D eigenvalue weighted by molar-refractivity contribution is 7.92. The summed E-state index contributed by atoms with van der Waals surface area (Å²) < 4.78 is 28.4. The van der Waals surface area contributed by atoms with Gasteiger partial charge in [-0.05, 0) is 44.4 Å². The third-order valence-corrected chi connectivity index (χ3v) is 5.91. The number of rotatable bonds is 5. The number of hydrogen-bond donors (Lipinski definition) is 1. The molecule has 1 atom stereocenters. The molecule has 5 heteroatoms. The summed E-state index contributed by atoms with van der Waals surface area (Å²) in [6.45, 7) is 3.31. The Kier molecular flexibility index (Phi) is 3.62. The fourth-order valence-corrected chi connectivity index (χ4v) is 2.39. The molecule has 0 amide bonds. The molecule has 0 spiro atoms. The van der Waals surface area contributed by atoms with E-state index in [0.29, 0.717) is 6.10 Å². The summed E-state index contributed by atoms with van der Waals surface area (Å²) in [4.78, 5) is 0. The lowest BCUT2D eigenvalue weighted by molar-refractivity contribution is 0.302. The zero-order chi connectivity index (χ0) is 14.3. The molecule has 1 saturated carbocycles. The predicted octanol–water partition coefficient (Wildman–Crippen LogP) is 2.05. The van der Waals surface area contributed by atoms with Crippen LogP contribution in [-0.4, -0.2) is 25.5 Å². The van der Waals surface area contributed by atoms with Gasteiger partial charge in [-0.3, -0.25) is 0 Å². The Balaban J connectivity index is 2.25. The van der Waals surface area contributed by atoms with Gasteiger partial charge in [0, 0.05) is 12.3 Å². The van der Waals surface area contributed by atoms with Crippen LogP contribution < -0.4 is 10.5 Å². The molecular weight excluding hydrogens is 262 g/mol. The van der Waals surface area contributed by atoms with E-state index >= 15 is 0 Å². The Morgan fingerprint density at radius 3 is 2.53 bits per heavy atom. The van der Waals surface area contributed by atoms with Crippen molar-refractivity contribution < 1.29 is 13.2 Å². The SMILES string of the molecule is CC(C)(C(N)c1cccc(OC2CC2)c1)S(C)(=O)=O. The van der Waals surface area contributed by atoms with Gasteiger partial charge in [-0.1, -0.05) is 12.1 Å². The van der Waals surface area contributed by atoms with E-state index in [1.165, 1.54) is 6.26 Å². The third kappa shape index (κ3) is 3.09. The first-order valence-corrected chi connectivity index (χ1v) is 8.33. The molecule has 1 aliphatic carbocycles. The summed E-state index contributed by atoms with van der Waals surface area (Å²) >= 11 is 0. The average Bonchev–Trinajstić information content (AvgIpc) is 3.10. The van der Waals surface area contributed by atoms with Crippen LogP contribution in [0.2, 0.25) is 0 Å². The summed E-state index contributed by atoms with van der Waals surface area (Å²) in [5.74, 6) is 0.764. The van der Waals surface area contributed by atoms with Gasteiger partial charge in [0.05, 0.1) is 10.9 Å². The highest BCUT2D eigenvalue weighted by atomic mass is 32.2. The van der Waals surface area contributed by atoms with Crippen LogP contribution in [0, 0.1) is 0 Å². The highest BCUT2D eigenvalue weighted by Crippen LogP contribution is 2.33. The molecular formula is C14H21NO3S. The molecule has 1 aliphatic rings. The van der Waals surface area contributed by atoms with Crippen molar-refractivity contribution in [3.63, 3.8) is 0 Å². The lowest BCUT2D eigenvalue weighted by Gasteiger charge is -2.30. The number of benzene rings is 1. The van der Waals surface area contributed by atoms with E-state index < -0.39 is 20.6 Å². The van der Waals surface area contributed by atoms with Gasteiger partial charge >= 0.3 is 0 Å². The van der Waals surface area contributed by atoms with Gasteiger partial charge < -0.3 is 10.5 Å². The van der Waals surface area contributed by atoms with Crippen LogP contribution in [0.15, 0.2) is 24.3 Å². The molecule has 0 radical (unpaired) electrons. The van der Waals surface area contributed by atoms with Crippen LogP contribution in [0.5, 0.6) is 5.75 Å². The van der Waals surface area contributed by atoms with Gasteiger partial charge in [0.2, 0.25) is 0 Å². The Morgan fingerprint density at radius 1 is 1.37 bits per heavy atom. The Bertz CT molecular complexity index is 562. The third-order valence-electron chi connectivity index (χ3n) is 3.75. The topological polar surface area (TPSA) is 69.4 Å². The van der Waals surface area contributed by atoms with Crippen LogP contribution in [0.25, 0.3) is 0 Å². The van der Waals surface area contributed by atoms with E-state index in [-0.39, 0.29) is 0 Å². The van der Waals surface area contributed by atoms with Crippen molar-refractivity contribution in [1.29, 1.82) is 0 Å². The highest BCUT2D eigenvalue weighted by Gasteiger charge is 2.37. The number of ether oxygens (including phenoxy) is 1. The van der Waals surface area contributed by atoms with Crippen LogP contribution >= 0.6 is 0 Å². The quantitative estimate of drug-likeness (QED) is 0.898. The van der Waals surface area contributed by atoms with E-state index in [1.54, 1.807) is 13.8 Å². The first-order chi connectivity index (χ1) is 8.72. The van der Waals surface area contributed by atoms with E-state index in [1.807, 2.05) is 24.3 Å². The van der Waals surface area contributed by atoms with Crippen LogP contribution in [-0.2, 0) is 9.84 Å². The smallest absolute Gasteiger partial charge is 0.154 e. The largest absolute Gasteiger partial charge is 0.490 e. The summed E-state index contributed by atoms with van der Waals surface area (Å²) in [7, 11) is -3.24. The zero-order valence-corrected chi connectivity index (χ0v) is 12.4. The van der Waals surface area contributed by atoms with Gasteiger partial charge in [0.15, 0.2) is 9.84 Å². The van der Waals surface area contributed by atoms with Gasteiger partial charge in [0.1, 0.15) is 5.75 Å². The van der Waals surface area contributed by atoms with E-state index in [9.17, 15) is 8.42 Å². The van der Waals surface area contributed by atoms with E-state index in [0.717, 1.165) is 24.2 Å². The fraction of sp³-hybridized carbons (Fsp3) is 0.571. The Hall–Kier alpha value is -1.07. The first kappa shape index (κ1) is 14.3. The number of hydrogen-bond acceptors (Lipinski definition) is 4. The Morgan fingerprint density at radius 2 is 2.00 bits per heavy atom. The second-order valence-corrected chi connectivity index (χ2v) is 8.34. The lowest BCUT2D eigenvalue weighted by Crippen LogP contribution is -2.42. The molecule has 1 unspecified atom stereocenters. The molecule has 19 heavy (non-hydrogen) atoms. The van der Waals surface area contributed by atoms with Gasteiger partial charge in [-0.2, -0.15) is 0 Å². The summed E-state index contributed by atoms with van der Waals surface area (Å²) in [6, 6.07) is 6.84. The van der Waals surface area contributed by atoms with Crippen molar-refractivity contribution in [2.24, 2.45) is 5.73 Å². The normalized spacial score (nSPS) is 18.1. The molecule has 0 heterocycles. The van der Waals surface area contributed by atoms with Crippen LogP contribution in [0.3, 0.4) is 0 Å².